The number of nitrogens with one attached hydrogen (secondary N) is 2. The number of carbonyl (C=O) groups is 2. The van der Waals surface area contributed by atoms with Crippen molar-refractivity contribution in [3.63, 3.8) is 0 Å². The summed E-state index contributed by atoms with van der Waals surface area (Å²) in [7, 11) is 0. The highest BCUT2D eigenvalue weighted by atomic mass is 16.2. The summed E-state index contributed by atoms with van der Waals surface area (Å²) >= 11 is 0. The number of Topliss-reactive ketones (excluding diaryl/α,β-unsaturated/α-hetero) is 1. The van der Waals surface area contributed by atoms with Crippen LogP contribution in [0.4, 0.5) is 10.5 Å². The molecule has 0 spiro atoms. The van der Waals surface area contributed by atoms with Crippen LogP contribution in [-0.4, -0.2) is 17.4 Å². The van der Waals surface area contributed by atoms with E-state index >= 15 is 0 Å². The zero-order valence-electron chi connectivity index (χ0n) is 10.7. The molecule has 0 radical (unpaired) electrons. The molecule has 0 bridgehead atoms. The zero-order chi connectivity index (χ0) is 13.8. The van der Waals surface area contributed by atoms with E-state index in [-0.39, 0.29) is 11.8 Å². The van der Waals surface area contributed by atoms with E-state index in [1.807, 2.05) is 0 Å². The van der Waals surface area contributed by atoms with Gasteiger partial charge in [0.2, 0.25) is 0 Å². The first-order valence-electron chi connectivity index (χ1n) is 5.52. The van der Waals surface area contributed by atoms with E-state index in [0.29, 0.717) is 11.3 Å². The van der Waals surface area contributed by atoms with Crippen molar-refractivity contribution in [2.45, 2.75) is 26.3 Å². The van der Waals surface area contributed by atoms with Crippen LogP contribution < -0.4 is 10.6 Å². The Balaban J connectivity index is 2.66. The van der Waals surface area contributed by atoms with Crippen molar-refractivity contribution in [2.75, 3.05) is 5.32 Å². The number of hydrogen-bond donors (Lipinski definition) is 2. The molecule has 2 amide bonds. The number of amides is 2. The lowest BCUT2D eigenvalue weighted by Gasteiger charge is -2.19. The summed E-state index contributed by atoms with van der Waals surface area (Å²) in [5.41, 5.74) is 0.499. The molecule has 4 nitrogen and oxygen atoms in total. The number of carbonyl (C=O) groups excluding carboxylic acids is 2. The molecule has 0 fully saturated rings. The molecule has 2 N–H and O–H groups in total. The predicted molar refractivity (Wildman–Crippen MR) is 71.5 cm³/mol. The Morgan fingerprint density at radius 2 is 1.78 bits per heavy atom. The molecule has 0 aliphatic heterocycles. The summed E-state index contributed by atoms with van der Waals surface area (Å²) in [6, 6.07) is 6.26. The maximum Gasteiger partial charge on any atom is 0.320 e. The molecule has 1 aromatic carbocycles. The lowest BCUT2D eigenvalue weighted by Crippen LogP contribution is -2.44. The van der Waals surface area contributed by atoms with Crippen LogP contribution >= 0.6 is 0 Å². The van der Waals surface area contributed by atoms with Gasteiger partial charge in [-0.15, -0.1) is 6.42 Å². The SMILES string of the molecule is C#CC(C)(C)NC(=O)Nc1ccc(C(C)=O)cc1. The van der Waals surface area contributed by atoms with Gasteiger partial charge >= 0.3 is 6.03 Å². The molecular formula is C14H16N2O2. The molecule has 0 unspecified atom stereocenters. The third-order valence-corrected chi connectivity index (χ3v) is 2.34. The lowest BCUT2D eigenvalue weighted by atomic mass is 10.1. The predicted octanol–water partition coefficient (Wildman–Crippen LogP) is 2.42. The van der Waals surface area contributed by atoms with Crippen LogP contribution in [0.1, 0.15) is 31.1 Å². The molecule has 0 atom stereocenters. The van der Waals surface area contributed by atoms with Gasteiger partial charge in [-0.1, -0.05) is 5.92 Å². The van der Waals surface area contributed by atoms with Crippen LogP contribution in [-0.2, 0) is 0 Å². The third-order valence-electron chi connectivity index (χ3n) is 2.34. The van der Waals surface area contributed by atoms with Crippen LogP contribution in [0.3, 0.4) is 0 Å². The van der Waals surface area contributed by atoms with Gasteiger partial charge in [-0.05, 0) is 45.0 Å². The largest absolute Gasteiger partial charge is 0.322 e. The van der Waals surface area contributed by atoms with Gasteiger partial charge in [-0.3, -0.25) is 4.79 Å². The molecule has 0 aliphatic rings. The fourth-order valence-electron chi connectivity index (χ4n) is 1.27. The molecule has 4 heteroatoms. The van der Waals surface area contributed by atoms with Crippen molar-refractivity contribution >= 4 is 17.5 Å². The summed E-state index contributed by atoms with van der Waals surface area (Å²) in [5.74, 6) is 2.45. The van der Waals surface area contributed by atoms with E-state index < -0.39 is 5.54 Å². The number of terminal acetylenes is 1. The Bertz CT molecular complexity index is 496. The van der Waals surface area contributed by atoms with Gasteiger partial charge in [0.25, 0.3) is 0 Å². The number of rotatable bonds is 3. The molecule has 1 aromatic rings. The van der Waals surface area contributed by atoms with Gasteiger partial charge in [0, 0.05) is 11.3 Å². The molecular weight excluding hydrogens is 228 g/mol. The van der Waals surface area contributed by atoms with Gasteiger partial charge in [-0.2, -0.15) is 0 Å². The maximum absolute atomic E-state index is 11.6. The summed E-state index contributed by atoms with van der Waals surface area (Å²) in [6.07, 6.45) is 5.27. The number of benzene rings is 1. The van der Waals surface area contributed by atoms with Crippen LogP contribution in [0, 0.1) is 12.3 Å². The zero-order valence-corrected chi connectivity index (χ0v) is 10.7. The van der Waals surface area contributed by atoms with Gasteiger partial charge in [0.1, 0.15) is 0 Å². The Morgan fingerprint density at radius 1 is 1.22 bits per heavy atom. The van der Waals surface area contributed by atoms with Crippen molar-refractivity contribution in [3.05, 3.63) is 29.8 Å². The molecule has 0 aliphatic carbocycles. The van der Waals surface area contributed by atoms with Crippen molar-refractivity contribution in [1.82, 2.24) is 5.32 Å². The van der Waals surface area contributed by atoms with Crippen LogP contribution in [0.25, 0.3) is 0 Å². The molecule has 18 heavy (non-hydrogen) atoms. The molecule has 0 aromatic heterocycles. The second-order valence-corrected chi connectivity index (χ2v) is 4.48. The Hall–Kier alpha value is -2.28. The summed E-state index contributed by atoms with van der Waals surface area (Å²) in [5, 5.41) is 5.28. The number of hydrogen-bond acceptors (Lipinski definition) is 2. The average molecular weight is 244 g/mol. The van der Waals surface area contributed by atoms with E-state index in [2.05, 4.69) is 16.6 Å². The fraction of sp³-hybridized carbons (Fsp3) is 0.286. The smallest absolute Gasteiger partial charge is 0.320 e. The standard InChI is InChI=1S/C14H16N2O2/c1-5-14(3,4)16-13(18)15-12-8-6-11(7-9-12)10(2)17/h1,6-9H,2-4H3,(H2,15,16,18). The van der Waals surface area contributed by atoms with Crippen molar-refractivity contribution in [1.29, 1.82) is 0 Å². The van der Waals surface area contributed by atoms with E-state index in [4.69, 9.17) is 6.42 Å². The number of urea groups is 1. The molecule has 0 saturated carbocycles. The van der Waals surface area contributed by atoms with Crippen molar-refractivity contribution in [2.24, 2.45) is 0 Å². The first kappa shape index (κ1) is 13.8. The highest BCUT2D eigenvalue weighted by Crippen LogP contribution is 2.10. The van der Waals surface area contributed by atoms with Gasteiger partial charge in [0.15, 0.2) is 5.78 Å². The minimum absolute atomic E-state index is 0.0144. The van der Waals surface area contributed by atoms with Crippen LogP contribution in [0.2, 0.25) is 0 Å². The molecule has 94 valence electrons. The summed E-state index contributed by atoms with van der Waals surface area (Å²) in [4.78, 5) is 22.7. The summed E-state index contributed by atoms with van der Waals surface area (Å²) < 4.78 is 0. The first-order valence-corrected chi connectivity index (χ1v) is 5.52. The van der Waals surface area contributed by atoms with E-state index in [0.717, 1.165) is 0 Å². The monoisotopic (exact) mass is 244 g/mol. The van der Waals surface area contributed by atoms with Gasteiger partial charge < -0.3 is 10.6 Å². The second kappa shape index (κ2) is 5.37. The first-order chi connectivity index (χ1) is 8.34. The van der Waals surface area contributed by atoms with Crippen molar-refractivity contribution in [3.8, 4) is 12.3 Å². The van der Waals surface area contributed by atoms with E-state index in [1.165, 1.54) is 6.92 Å². The van der Waals surface area contributed by atoms with Gasteiger partial charge in [-0.25, -0.2) is 4.79 Å². The van der Waals surface area contributed by atoms with E-state index in [1.54, 1.807) is 38.1 Å². The molecule has 0 saturated heterocycles. The van der Waals surface area contributed by atoms with Crippen LogP contribution in [0.5, 0.6) is 0 Å². The number of ketones is 1. The number of anilines is 1. The second-order valence-electron chi connectivity index (χ2n) is 4.48. The Morgan fingerprint density at radius 3 is 2.22 bits per heavy atom. The molecule has 1 rings (SSSR count). The maximum atomic E-state index is 11.6. The van der Waals surface area contributed by atoms with E-state index in [9.17, 15) is 9.59 Å². The molecule has 0 heterocycles. The fourth-order valence-corrected chi connectivity index (χ4v) is 1.27. The highest BCUT2D eigenvalue weighted by Gasteiger charge is 2.16. The minimum atomic E-state index is -0.705. The summed E-state index contributed by atoms with van der Waals surface area (Å²) in [6.45, 7) is 4.95. The quantitative estimate of drug-likeness (QED) is 0.633. The Labute approximate surface area is 107 Å². The minimum Gasteiger partial charge on any atom is -0.322 e. The normalized spacial score (nSPS) is 10.3. The Kier molecular flexibility index (Phi) is 4.11. The highest BCUT2D eigenvalue weighted by molar-refractivity contribution is 5.95. The van der Waals surface area contributed by atoms with Gasteiger partial charge in [0.05, 0.1) is 5.54 Å². The topological polar surface area (TPSA) is 58.2 Å². The van der Waals surface area contributed by atoms with Crippen LogP contribution in [0.15, 0.2) is 24.3 Å². The third kappa shape index (κ3) is 3.95. The van der Waals surface area contributed by atoms with Crippen molar-refractivity contribution < 1.29 is 9.59 Å². The lowest BCUT2D eigenvalue weighted by molar-refractivity contribution is 0.101. The average Bonchev–Trinajstić information content (AvgIpc) is 2.29.